The lowest BCUT2D eigenvalue weighted by Gasteiger charge is -2.16. The van der Waals surface area contributed by atoms with Crippen molar-refractivity contribution in [3.8, 4) is 17.2 Å². The second-order valence-electron chi connectivity index (χ2n) is 7.93. The minimum absolute atomic E-state index is 0.126. The number of halogens is 3. The van der Waals surface area contributed by atoms with E-state index in [1.165, 1.54) is 24.3 Å². The first-order valence-electron chi connectivity index (χ1n) is 9.84. The molecule has 0 spiro atoms. The molecule has 0 saturated heterocycles. The zero-order chi connectivity index (χ0) is 23.0. The quantitative estimate of drug-likeness (QED) is 0.566. The number of nitrogens with zero attached hydrogens (tertiary/aromatic N) is 4. The molecule has 0 radical (unpaired) electrons. The van der Waals surface area contributed by atoms with Gasteiger partial charge in [-0.3, -0.25) is 4.79 Å². The van der Waals surface area contributed by atoms with E-state index in [1.54, 1.807) is 4.90 Å². The molecule has 1 aliphatic heterocycles. The van der Waals surface area contributed by atoms with E-state index in [4.69, 9.17) is 4.52 Å². The molecule has 7 nitrogen and oxygen atoms in total. The van der Waals surface area contributed by atoms with Crippen molar-refractivity contribution in [2.75, 3.05) is 14.1 Å². The average molecular weight is 446 g/mol. The van der Waals surface area contributed by atoms with Crippen LogP contribution in [0.1, 0.15) is 32.9 Å². The number of hydrogen-bond donors (Lipinski definition) is 0. The van der Waals surface area contributed by atoms with Gasteiger partial charge in [-0.2, -0.15) is 4.98 Å². The highest BCUT2D eigenvalue weighted by atomic mass is 19.4. The molecule has 2 heterocycles. The lowest BCUT2D eigenvalue weighted by atomic mass is 10.0. The molecule has 0 saturated carbocycles. The second-order valence-corrected chi connectivity index (χ2v) is 7.93. The number of fused-ring (bicyclic) bond motifs is 1. The van der Waals surface area contributed by atoms with Gasteiger partial charge in [-0.1, -0.05) is 17.3 Å². The maximum Gasteiger partial charge on any atom is 0.573 e. The van der Waals surface area contributed by atoms with Crippen molar-refractivity contribution in [2.45, 2.75) is 32.9 Å². The van der Waals surface area contributed by atoms with Gasteiger partial charge in [0.15, 0.2) is 5.82 Å². The zero-order valence-electron chi connectivity index (χ0n) is 17.7. The summed E-state index contributed by atoms with van der Waals surface area (Å²) in [5, 5.41) is 3.99. The minimum atomic E-state index is -4.74. The molecule has 0 atom stereocenters. The molecule has 168 valence electrons. The van der Waals surface area contributed by atoms with E-state index in [0.29, 0.717) is 35.9 Å². The Balaban J connectivity index is 1.51. The Kier molecular flexibility index (Phi) is 5.64. The molecule has 0 fully saturated rings. The van der Waals surface area contributed by atoms with Crippen LogP contribution in [-0.2, 0) is 19.6 Å². The summed E-state index contributed by atoms with van der Waals surface area (Å²) < 4.78 is 46.3. The third kappa shape index (κ3) is 4.75. The normalized spacial score (nSPS) is 13.7. The monoisotopic (exact) mass is 446 g/mol. The molecular weight excluding hydrogens is 425 g/mol. The van der Waals surface area contributed by atoms with E-state index in [1.807, 2.05) is 38.1 Å². The second kappa shape index (κ2) is 8.27. The Labute approximate surface area is 182 Å². The van der Waals surface area contributed by atoms with Crippen LogP contribution < -0.4 is 4.74 Å². The van der Waals surface area contributed by atoms with Crippen LogP contribution in [0.3, 0.4) is 0 Å². The molecule has 0 bridgehead atoms. The van der Waals surface area contributed by atoms with Crippen molar-refractivity contribution >= 4 is 5.91 Å². The molecule has 32 heavy (non-hydrogen) atoms. The largest absolute Gasteiger partial charge is 0.573 e. The fourth-order valence-electron chi connectivity index (χ4n) is 3.71. The molecule has 4 rings (SSSR count). The Morgan fingerprint density at radius 3 is 2.56 bits per heavy atom. The Morgan fingerprint density at radius 2 is 1.91 bits per heavy atom. The summed E-state index contributed by atoms with van der Waals surface area (Å²) in [7, 11) is 3.82. The van der Waals surface area contributed by atoms with Crippen LogP contribution in [0.5, 0.6) is 5.75 Å². The van der Waals surface area contributed by atoms with Crippen LogP contribution in [0.15, 0.2) is 40.9 Å². The predicted octanol–water partition coefficient (Wildman–Crippen LogP) is 4.16. The number of ether oxygens (including phenoxy) is 1. The van der Waals surface area contributed by atoms with Crippen molar-refractivity contribution < 1.29 is 27.2 Å². The summed E-state index contributed by atoms with van der Waals surface area (Å²) in [5.74, 6) is 0.530. The molecule has 3 aromatic rings. The fraction of sp³-hybridized carbons (Fsp3) is 0.318. The number of rotatable bonds is 6. The van der Waals surface area contributed by atoms with Crippen LogP contribution in [0.25, 0.3) is 11.5 Å². The number of carbonyl (C=O) groups excluding carboxylic acids is 1. The first-order chi connectivity index (χ1) is 15.1. The summed E-state index contributed by atoms with van der Waals surface area (Å²) in [5.41, 5.74) is 3.70. The first-order valence-corrected chi connectivity index (χ1v) is 9.84. The van der Waals surface area contributed by atoms with Gasteiger partial charge in [0, 0.05) is 24.2 Å². The topological polar surface area (TPSA) is 71.7 Å². The van der Waals surface area contributed by atoms with Gasteiger partial charge in [0.25, 0.3) is 11.8 Å². The molecule has 2 aromatic carbocycles. The van der Waals surface area contributed by atoms with Gasteiger partial charge in [0.05, 0.1) is 6.54 Å². The summed E-state index contributed by atoms with van der Waals surface area (Å²) in [6.45, 7) is 3.04. The van der Waals surface area contributed by atoms with E-state index in [9.17, 15) is 18.0 Å². The number of carbonyl (C=O) groups is 1. The maximum atomic E-state index is 12.9. The fourth-order valence-corrected chi connectivity index (χ4v) is 3.71. The summed E-state index contributed by atoms with van der Waals surface area (Å²) in [6.07, 6.45) is -4.74. The van der Waals surface area contributed by atoms with Gasteiger partial charge in [0.1, 0.15) is 5.75 Å². The highest BCUT2D eigenvalue weighted by molar-refractivity contribution is 6.00. The maximum absolute atomic E-state index is 12.9. The molecule has 1 aliphatic rings. The van der Waals surface area contributed by atoms with Crippen molar-refractivity contribution in [2.24, 2.45) is 0 Å². The van der Waals surface area contributed by atoms with E-state index < -0.39 is 6.36 Å². The zero-order valence-corrected chi connectivity index (χ0v) is 17.7. The van der Waals surface area contributed by atoms with Gasteiger partial charge in [0.2, 0.25) is 0 Å². The van der Waals surface area contributed by atoms with Crippen molar-refractivity contribution in [1.82, 2.24) is 19.9 Å². The molecule has 0 aliphatic carbocycles. The van der Waals surface area contributed by atoms with E-state index in [0.717, 1.165) is 16.7 Å². The lowest BCUT2D eigenvalue weighted by molar-refractivity contribution is -0.274. The highest BCUT2D eigenvalue weighted by Gasteiger charge is 2.32. The average Bonchev–Trinajstić information content (AvgIpc) is 3.26. The SMILES string of the molecule is Cc1cc(-c2nc(CN(C)C)no2)cc2c1C(=O)N(Cc1ccc(OC(F)(F)F)cc1)C2. The van der Waals surface area contributed by atoms with E-state index in [-0.39, 0.29) is 18.2 Å². The van der Waals surface area contributed by atoms with Crippen LogP contribution in [0.2, 0.25) is 0 Å². The Hall–Kier alpha value is -3.40. The van der Waals surface area contributed by atoms with Crippen molar-refractivity contribution in [1.29, 1.82) is 0 Å². The summed E-state index contributed by atoms with van der Waals surface area (Å²) in [4.78, 5) is 20.9. The molecule has 1 amide bonds. The van der Waals surface area contributed by atoms with Crippen LogP contribution in [0.4, 0.5) is 13.2 Å². The number of alkyl halides is 3. The van der Waals surface area contributed by atoms with Gasteiger partial charge in [-0.25, -0.2) is 0 Å². The third-order valence-corrected chi connectivity index (χ3v) is 4.98. The first kappa shape index (κ1) is 21.8. The van der Waals surface area contributed by atoms with Gasteiger partial charge in [-0.15, -0.1) is 13.2 Å². The van der Waals surface area contributed by atoms with Gasteiger partial charge in [-0.05, 0) is 62.0 Å². The van der Waals surface area contributed by atoms with Crippen molar-refractivity contribution in [3.05, 3.63) is 64.5 Å². The molecule has 1 aromatic heterocycles. The number of aromatic nitrogens is 2. The number of hydrogen-bond acceptors (Lipinski definition) is 6. The van der Waals surface area contributed by atoms with Crippen LogP contribution in [-0.4, -0.2) is 46.3 Å². The standard InChI is InChI=1S/C22H21F3N4O3/c1-13-8-15(20-26-18(27-32-20)12-28(2)3)9-16-11-29(21(30)19(13)16)10-14-4-6-17(7-5-14)31-22(23,24)25/h4-9H,10-12H2,1-3H3. The minimum Gasteiger partial charge on any atom is -0.406 e. The molecular formula is C22H21F3N4O3. The lowest BCUT2D eigenvalue weighted by Crippen LogP contribution is -2.23. The van der Waals surface area contributed by atoms with Gasteiger partial charge >= 0.3 is 6.36 Å². The van der Waals surface area contributed by atoms with E-state index in [2.05, 4.69) is 14.9 Å². The molecule has 0 N–H and O–H groups in total. The smallest absolute Gasteiger partial charge is 0.406 e. The third-order valence-electron chi connectivity index (χ3n) is 4.98. The number of amides is 1. The van der Waals surface area contributed by atoms with Gasteiger partial charge < -0.3 is 19.1 Å². The molecule has 10 heteroatoms. The molecule has 0 unspecified atom stereocenters. The number of benzene rings is 2. The summed E-state index contributed by atoms with van der Waals surface area (Å²) >= 11 is 0. The van der Waals surface area contributed by atoms with Crippen molar-refractivity contribution in [3.63, 3.8) is 0 Å². The highest BCUT2D eigenvalue weighted by Crippen LogP contribution is 2.32. The van der Waals surface area contributed by atoms with E-state index >= 15 is 0 Å². The Morgan fingerprint density at radius 1 is 1.19 bits per heavy atom. The van der Waals surface area contributed by atoms with Crippen LogP contribution >= 0.6 is 0 Å². The predicted molar refractivity (Wildman–Crippen MR) is 109 cm³/mol. The van der Waals surface area contributed by atoms with Crippen LogP contribution in [0, 0.1) is 6.92 Å². The summed E-state index contributed by atoms with van der Waals surface area (Å²) in [6, 6.07) is 9.21. The number of aryl methyl sites for hydroxylation is 1. The Bertz CT molecular complexity index is 1140.